The lowest BCUT2D eigenvalue weighted by Gasteiger charge is -2.39. The first-order chi connectivity index (χ1) is 26.5. The Morgan fingerprint density at radius 1 is 0.464 bits per heavy atom. The van der Waals surface area contributed by atoms with Crippen LogP contribution in [-0.2, 0) is 23.2 Å². The van der Waals surface area contributed by atoms with Crippen molar-refractivity contribution < 1.29 is 39.5 Å². The van der Waals surface area contributed by atoms with Gasteiger partial charge in [0.05, 0.1) is 44.2 Å². The number of hydrogen-bond donors (Lipinski definition) is 1. The van der Waals surface area contributed by atoms with Gasteiger partial charge in [0, 0.05) is 21.9 Å². The molecular formula is C48H75ClN2O4S. The van der Waals surface area contributed by atoms with Gasteiger partial charge >= 0.3 is 0 Å². The number of rotatable bonds is 23. The van der Waals surface area contributed by atoms with Gasteiger partial charge in [-0.25, -0.2) is 8.42 Å². The zero-order valence-corrected chi connectivity index (χ0v) is 37.3. The minimum atomic E-state index is -4.51. The third kappa shape index (κ3) is 18.5. The SMILES string of the molecule is CCCC[N+](CCCC)(CCCC)Cc1ccccc1.CCCC[N+](CCCC)(CCCC)Cc1ccccc1.O=S(=O)([O-])c1ccc(O)c2ccccc12.[Cl-]. The molecule has 0 amide bonds. The van der Waals surface area contributed by atoms with Crippen molar-refractivity contribution in [1.82, 2.24) is 0 Å². The summed E-state index contributed by atoms with van der Waals surface area (Å²) < 4.78 is 35.4. The highest BCUT2D eigenvalue weighted by atomic mass is 35.5. The molecular weight excluding hydrogens is 736 g/mol. The summed E-state index contributed by atoms with van der Waals surface area (Å²) in [5.41, 5.74) is 3.02. The lowest BCUT2D eigenvalue weighted by Crippen LogP contribution is -3.00. The van der Waals surface area contributed by atoms with Gasteiger partial charge in [-0.1, -0.05) is 165 Å². The molecule has 0 aliphatic carbocycles. The normalized spacial score (nSPS) is 11.6. The zero-order valence-electron chi connectivity index (χ0n) is 35.7. The van der Waals surface area contributed by atoms with E-state index < -0.39 is 10.1 Å². The minimum absolute atomic E-state index is 0. The van der Waals surface area contributed by atoms with Crippen molar-refractivity contribution in [3.63, 3.8) is 0 Å². The molecule has 0 radical (unpaired) electrons. The molecule has 1 N–H and O–H groups in total. The van der Waals surface area contributed by atoms with Gasteiger partial charge in [0.15, 0.2) is 0 Å². The van der Waals surface area contributed by atoms with Gasteiger partial charge in [0.2, 0.25) is 0 Å². The molecule has 0 bridgehead atoms. The molecule has 4 rings (SSSR count). The Morgan fingerprint density at radius 2 is 0.768 bits per heavy atom. The fourth-order valence-electron chi connectivity index (χ4n) is 7.52. The molecule has 0 heterocycles. The molecule has 0 fully saturated rings. The van der Waals surface area contributed by atoms with E-state index in [1.807, 2.05) is 0 Å². The van der Waals surface area contributed by atoms with Crippen LogP contribution in [0.15, 0.2) is 102 Å². The number of quaternary nitrogens is 2. The van der Waals surface area contributed by atoms with Gasteiger partial charge < -0.3 is 31.0 Å². The maximum atomic E-state index is 10.9. The highest BCUT2D eigenvalue weighted by Crippen LogP contribution is 2.29. The summed E-state index contributed by atoms with van der Waals surface area (Å²) in [4.78, 5) is -0.309. The van der Waals surface area contributed by atoms with Gasteiger partial charge in [0.1, 0.15) is 29.0 Å². The maximum absolute atomic E-state index is 10.9. The molecule has 0 aromatic heterocycles. The van der Waals surface area contributed by atoms with Gasteiger partial charge in [-0.15, -0.1) is 0 Å². The van der Waals surface area contributed by atoms with Crippen LogP contribution in [0.2, 0.25) is 0 Å². The van der Waals surface area contributed by atoms with Crippen molar-refractivity contribution in [2.24, 2.45) is 0 Å². The van der Waals surface area contributed by atoms with Crippen molar-refractivity contribution in [1.29, 1.82) is 0 Å². The van der Waals surface area contributed by atoms with E-state index in [4.69, 9.17) is 0 Å². The van der Waals surface area contributed by atoms with E-state index >= 15 is 0 Å². The molecule has 0 saturated heterocycles. The molecule has 56 heavy (non-hydrogen) atoms. The molecule has 6 nitrogen and oxygen atoms in total. The number of phenols is 1. The van der Waals surface area contributed by atoms with Crippen molar-refractivity contribution in [2.75, 3.05) is 39.3 Å². The first-order valence-electron chi connectivity index (χ1n) is 21.5. The lowest BCUT2D eigenvalue weighted by molar-refractivity contribution is -0.941. The van der Waals surface area contributed by atoms with Crippen LogP contribution >= 0.6 is 0 Å². The molecule has 0 atom stereocenters. The standard InChI is InChI=1S/2C19H34N.C10H8O4S.ClH/c2*1-4-7-15-20(16-8-5-2,17-9-6-3)18-19-13-11-10-12-14-19;11-9-5-6-10(15(12,13)14)8-4-2-1-3-7(8)9;/h2*10-14H,4-9,15-18H2,1-3H3;1-6,11H,(H,12,13,14);1H/q2*+1;;/p-2. The molecule has 4 aromatic rings. The Balaban J connectivity index is 0.000000420. The van der Waals surface area contributed by atoms with Gasteiger partial charge in [0.25, 0.3) is 0 Å². The molecule has 0 aliphatic rings. The predicted octanol–water partition coefficient (Wildman–Crippen LogP) is 9.26. The van der Waals surface area contributed by atoms with Crippen LogP contribution in [0.3, 0.4) is 0 Å². The van der Waals surface area contributed by atoms with E-state index in [1.165, 1.54) is 162 Å². The second-order valence-corrected chi connectivity index (χ2v) is 16.9. The Labute approximate surface area is 348 Å². The Kier molecular flexibility index (Phi) is 26.0. The summed E-state index contributed by atoms with van der Waals surface area (Å²) in [6, 6.07) is 30.8. The van der Waals surface area contributed by atoms with E-state index in [0.29, 0.717) is 5.39 Å². The van der Waals surface area contributed by atoms with Crippen LogP contribution in [-0.4, -0.2) is 66.3 Å². The molecule has 314 valence electrons. The number of aromatic hydroxyl groups is 1. The van der Waals surface area contributed by atoms with Crippen LogP contribution in [0, 0.1) is 0 Å². The quantitative estimate of drug-likeness (QED) is 0.0599. The highest BCUT2D eigenvalue weighted by Gasteiger charge is 2.27. The van der Waals surface area contributed by atoms with Crippen molar-refractivity contribution in [3.05, 3.63) is 108 Å². The summed E-state index contributed by atoms with van der Waals surface area (Å²) in [5.74, 6) is -0.0435. The number of hydrogen-bond acceptors (Lipinski definition) is 4. The minimum Gasteiger partial charge on any atom is -1.00 e. The summed E-state index contributed by atoms with van der Waals surface area (Å²) >= 11 is 0. The smallest absolute Gasteiger partial charge is 0.125 e. The maximum Gasteiger partial charge on any atom is 0.125 e. The highest BCUT2D eigenvalue weighted by molar-refractivity contribution is 7.86. The van der Waals surface area contributed by atoms with Crippen LogP contribution in [0.25, 0.3) is 10.8 Å². The number of unbranched alkanes of at least 4 members (excludes halogenated alkanes) is 6. The van der Waals surface area contributed by atoms with Crippen molar-refractivity contribution in [3.8, 4) is 5.75 Å². The number of nitrogens with zero attached hydrogens (tertiary/aromatic N) is 2. The second kappa shape index (κ2) is 28.5. The van der Waals surface area contributed by atoms with Crippen LogP contribution in [0.5, 0.6) is 5.75 Å². The summed E-state index contributed by atoms with van der Waals surface area (Å²) in [7, 11) is -4.51. The fraction of sp³-hybridized carbons (Fsp3) is 0.542. The number of fused-ring (bicyclic) bond motifs is 1. The molecule has 0 unspecified atom stereocenters. The fourth-order valence-corrected chi connectivity index (χ4v) is 8.20. The Bertz CT molecular complexity index is 1570. The number of phenolic OH excluding ortho intramolecular Hbond substituents is 1. The van der Waals surface area contributed by atoms with E-state index in [0.717, 1.165) is 6.07 Å². The zero-order chi connectivity index (χ0) is 40.4. The summed E-state index contributed by atoms with van der Waals surface area (Å²) in [6.45, 7) is 24.5. The largest absolute Gasteiger partial charge is 1.00 e. The van der Waals surface area contributed by atoms with Crippen LogP contribution in [0.1, 0.15) is 130 Å². The van der Waals surface area contributed by atoms with E-state index in [9.17, 15) is 18.1 Å². The molecule has 0 aliphatic heterocycles. The summed E-state index contributed by atoms with van der Waals surface area (Å²) in [5, 5.41) is 10.1. The first-order valence-corrected chi connectivity index (χ1v) is 22.9. The third-order valence-corrected chi connectivity index (χ3v) is 11.7. The number of halogens is 1. The van der Waals surface area contributed by atoms with Gasteiger partial charge in [-0.3, -0.25) is 0 Å². The predicted molar refractivity (Wildman–Crippen MR) is 233 cm³/mol. The number of benzene rings is 4. The monoisotopic (exact) mass is 811 g/mol. The van der Waals surface area contributed by atoms with Crippen LogP contribution in [0.4, 0.5) is 0 Å². The van der Waals surface area contributed by atoms with E-state index in [1.54, 1.807) is 18.2 Å². The lowest BCUT2D eigenvalue weighted by atomic mass is 10.1. The van der Waals surface area contributed by atoms with Crippen molar-refractivity contribution in [2.45, 2.75) is 137 Å². The first kappa shape index (κ1) is 51.1. The molecule has 0 saturated carbocycles. The van der Waals surface area contributed by atoms with E-state index in [-0.39, 0.29) is 28.4 Å². The van der Waals surface area contributed by atoms with Gasteiger partial charge in [-0.05, 0) is 50.7 Å². The molecule has 0 spiro atoms. The average molecular weight is 812 g/mol. The average Bonchev–Trinajstić information content (AvgIpc) is 3.20. The summed E-state index contributed by atoms with van der Waals surface area (Å²) in [6.07, 6.45) is 16.0. The van der Waals surface area contributed by atoms with E-state index in [2.05, 4.69) is 102 Å². The molecule has 8 heteroatoms. The Hall–Kier alpha value is -2.94. The van der Waals surface area contributed by atoms with Gasteiger partial charge in [-0.2, -0.15) is 0 Å². The Morgan fingerprint density at radius 3 is 1.07 bits per heavy atom. The van der Waals surface area contributed by atoms with Crippen molar-refractivity contribution >= 4 is 20.9 Å². The second-order valence-electron chi connectivity index (χ2n) is 15.5. The topological polar surface area (TPSA) is 77.4 Å². The van der Waals surface area contributed by atoms with Crippen LogP contribution < -0.4 is 12.4 Å². The molecule has 4 aromatic carbocycles. The third-order valence-electron chi connectivity index (χ3n) is 10.8.